The third-order valence-corrected chi connectivity index (χ3v) is 4.81. The number of aromatic nitrogens is 1. The second-order valence-electron chi connectivity index (χ2n) is 5.70. The molecule has 26 heavy (non-hydrogen) atoms. The minimum absolute atomic E-state index is 0. The van der Waals surface area contributed by atoms with Crippen LogP contribution in [0.3, 0.4) is 0 Å². The fourth-order valence-electron chi connectivity index (χ4n) is 2.35. The van der Waals surface area contributed by atoms with Crippen molar-refractivity contribution < 1.29 is 4.74 Å². The molecule has 2 aromatic rings. The number of rotatable bonds is 8. The van der Waals surface area contributed by atoms with Crippen LogP contribution in [0.2, 0.25) is 0 Å². The van der Waals surface area contributed by atoms with Gasteiger partial charge in [-0.05, 0) is 45.4 Å². The van der Waals surface area contributed by atoms with E-state index in [0.29, 0.717) is 13.2 Å². The molecule has 1 aromatic heterocycles. The van der Waals surface area contributed by atoms with Crippen LogP contribution < -0.4 is 15.4 Å². The lowest BCUT2D eigenvalue weighted by molar-refractivity contribution is 0.340. The molecule has 0 aliphatic carbocycles. The van der Waals surface area contributed by atoms with Gasteiger partial charge in [-0.1, -0.05) is 12.1 Å². The average Bonchev–Trinajstić information content (AvgIpc) is 2.91. The molecule has 5 nitrogen and oxygen atoms in total. The highest BCUT2D eigenvalue weighted by atomic mass is 127. The van der Waals surface area contributed by atoms with Crippen LogP contribution in [0.4, 0.5) is 0 Å². The Bertz CT molecular complexity index is 683. The van der Waals surface area contributed by atoms with Crippen molar-refractivity contribution in [2.45, 2.75) is 40.7 Å². The van der Waals surface area contributed by atoms with Crippen molar-refractivity contribution >= 4 is 41.3 Å². The molecule has 0 aliphatic heterocycles. The standard InChI is InChI=1S/C19H28N4OS.HI/c1-5-20-19(21-11-10-18-23-14(3)15(4)25-18)22-13-16-8-7-9-17(12-16)24-6-2;/h7-9,12H,5-6,10-11,13H2,1-4H3,(H2,20,21,22);1H. The molecule has 0 amide bonds. The van der Waals surface area contributed by atoms with Crippen LogP contribution in [-0.4, -0.2) is 30.6 Å². The summed E-state index contributed by atoms with van der Waals surface area (Å²) in [5.41, 5.74) is 2.27. The predicted octanol–water partition coefficient (Wildman–Crippen LogP) is 4.07. The monoisotopic (exact) mass is 488 g/mol. The van der Waals surface area contributed by atoms with E-state index in [4.69, 9.17) is 4.74 Å². The minimum atomic E-state index is 0. The third-order valence-electron chi connectivity index (χ3n) is 3.68. The van der Waals surface area contributed by atoms with E-state index < -0.39 is 0 Å². The van der Waals surface area contributed by atoms with Crippen molar-refractivity contribution in [1.82, 2.24) is 15.6 Å². The lowest BCUT2D eigenvalue weighted by Gasteiger charge is -2.11. The molecular weight excluding hydrogens is 459 g/mol. The summed E-state index contributed by atoms with van der Waals surface area (Å²) < 4.78 is 5.54. The van der Waals surface area contributed by atoms with Crippen LogP contribution in [0, 0.1) is 13.8 Å². The number of aliphatic imine (C=N–C) groups is 1. The number of thiazole rings is 1. The first-order valence-electron chi connectivity index (χ1n) is 8.79. The topological polar surface area (TPSA) is 58.5 Å². The lowest BCUT2D eigenvalue weighted by atomic mass is 10.2. The zero-order valence-electron chi connectivity index (χ0n) is 16.0. The molecule has 1 aromatic carbocycles. The normalized spacial score (nSPS) is 11.0. The first-order chi connectivity index (χ1) is 12.1. The Morgan fingerprint density at radius 2 is 2.04 bits per heavy atom. The highest BCUT2D eigenvalue weighted by Gasteiger charge is 2.04. The van der Waals surface area contributed by atoms with E-state index in [0.717, 1.165) is 42.5 Å². The third kappa shape index (κ3) is 7.49. The van der Waals surface area contributed by atoms with Gasteiger partial charge in [0.05, 0.1) is 23.9 Å². The van der Waals surface area contributed by atoms with E-state index in [1.165, 1.54) is 9.88 Å². The Morgan fingerprint density at radius 1 is 1.23 bits per heavy atom. The van der Waals surface area contributed by atoms with Gasteiger partial charge in [0.1, 0.15) is 5.75 Å². The van der Waals surface area contributed by atoms with E-state index in [-0.39, 0.29) is 24.0 Å². The molecule has 2 N–H and O–H groups in total. The number of hydrogen-bond acceptors (Lipinski definition) is 4. The van der Waals surface area contributed by atoms with Crippen LogP contribution in [0.25, 0.3) is 0 Å². The highest BCUT2D eigenvalue weighted by Crippen LogP contribution is 2.16. The average molecular weight is 488 g/mol. The van der Waals surface area contributed by atoms with Gasteiger partial charge < -0.3 is 15.4 Å². The number of halogens is 1. The molecule has 1 heterocycles. The van der Waals surface area contributed by atoms with Crippen molar-refractivity contribution in [1.29, 1.82) is 0 Å². The number of benzene rings is 1. The van der Waals surface area contributed by atoms with Gasteiger partial charge in [0.15, 0.2) is 5.96 Å². The van der Waals surface area contributed by atoms with Gasteiger partial charge in [-0.15, -0.1) is 35.3 Å². The molecule has 0 bridgehead atoms. The summed E-state index contributed by atoms with van der Waals surface area (Å²) in [6.45, 7) is 11.2. The van der Waals surface area contributed by atoms with Crippen LogP contribution >= 0.6 is 35.3 Å². The van der Waals surface area contributed by atoms with Crippen molar-refractivity contribution in [3.63, 3.8) is 0 Å². The smallest absolute Gasteiger partial charge is 0.191 e. The summed E-state index contributed by atoms with van der Waals surface area (Å²) in [4.78, 5) is 10.5. The molecule has 0 spiro atoms. The molecule has 0 saturated carbocycles. The van der Waals surface area contributed by atoms with Gasteiger partial charge in [0, 0.05) is 24.4 Å². The molecule has 0 atom stereocenters. The zero-order chi connectivity index (χ0) is 18.1. The summed E-state index contributed by atoms with van der Waals surface area (Å²) in [7, 11) is 0. The summed E-state index contributed by atoms with van der Waals surface area (Å²) in [5, 5.41) is 7.84. The molecule has 0 unspecified atom stereocenters. The quantitative estimate of drug-likeness (QED) is 0.334. The van der Waals surface area contributed by atoms with Gasteiger partial charge in [-0.2, -0.15) is 0 Å². The summed E-state index contributed by atoms with van der Waals surface area (Å²) >= 11 is 1.77. The Balaban J connectivity index is 0.00000338. The van der Waals surface area contributed by atoms with Crippen molar-refractivity contribution in [2.75, 3.05) is 19.7 Å². The van der Waals surface area contributed by atoms with Crippen molar-refractivity contribution in [2.24, 2.45) is 4.99 Å². The van der Waals surface area contributed by atoms with Crippen molar-refractivity contribution in [3.8, 4) is 5.75 Å². The molecule has 0 fully saturated rings. The Morgan fingerprint density at radius 3 is 2.69 bits per heavy atom. The summed E-state index contributed by atoms with van der Waals surface area (Å²) in [6.07, 6.45) is 0.906. The summed E-state index contributed by atoms with van der Waals surface area (Å²) in [6, 6.07) is 8.08. The maximum absolute atomic E-state index is 5.54. The second kappa shape index (κ2) is 12.1. The van der Waals surface area contributed by atoms with Gasteiger partial charge in [-0.25, -0.2) is 9.98 Å². The number of ether oxygens (including phenoxy) is 1. The number of hydrogen-bond donors (Lipinski definition) is 2. The molecule has 2 rings (SSSR count). The first-order valence-corrected chi connectivity index (χ1v) is 9.60. The maximum atomic E-state index is 5.54. The first kappa shape index (κ1) is 22.7. The largest absolute Gasteiger partial charge is 0.494 e. The van der Waals surface area contributed by atoms with E-state index in [1.807, 2.05) is 25.1 Å². The van der Waals surface area contributed by atoms with E-state index in [9.17, 15) is 0 Å². The molecule has 0 radical (unpaired) electrons. The van der Waals surface area contributed by atoms with Gasteiger partial charge in [-0.3, -0.25) is 0 Å². The van der Waals surface area contributed by atoms with Crippen LogP contribution in [0.15, 0.2) is 29.3 Å². The molecule has 0 aliphatic rings. The van der Waals surface area contributed by atoms with Gasteiger partial charge in [0.2, 0.25) is 0 Å². The number of nitrogens with zero attached hydrogens (tertiary/aromatic N) is 2. The van der Waals surface area contributed by atoms with Crippen LogP contribution in [-0.2, 0) is 13.0 Å². The van der Waals surface area contributed by atoms with E-state index >= 15 is 0 Å². The Labute approximate surface area is 177 Å². The molecule has 0 saturated heterocycles. The Hall–Kier alpha value is -1.35. The lowest BCUT2D eigenvalue weighted by Crippen LogP contribution is -2.38. The molecular formula is C19H29IN4OS. The van der Waals surface area contributed by atoms with E-state index in [1.54, 1.807) is 11.3 Å². The minimum Gasteiger partial charge on any atom is -0.494 e. The fraction of sp³-hybridized carbons (Fsp3) is 0.474. The number of aryl methyl sites for hydroxylation is 2. The van der Waals surface area contributed by atoms with Crippen LogP contribution in [0.1, 0.15) is 35.0 Å². The molecule has 144 valence electrons. The molecule has 7 heteroatoms. The summed E-state index contributed by atoms with van der Waals surface area (Å²) in [5.74, 6) is 1.72. The second-order valence-corrected chi connectivity index (χ2v) is 6.99. The van der Waals surface area contributed by atoms with E-state index in [2.05, 4.69) is 47.4 Å². The van der Waals surface area contributed by atoms with Gasteiger partial charge in [0.25, 0.3) is 0 Å². The maximum Gasteiger partial charge on any atom is 0.191 e. The van der Waals surface area contributed by atoms with Crippen molar-refractivity contribution in [3.05, 3.63) is 45.4 Å². The van der Waals surface area contributed by atoms with Crippen LogP contribution in [0.5, 0.6) is 5.75 Å². The highest BCUT2D eigenvalue weighted by molar-refractivity contribution is 14.0. The number of guanidine groups is 1. The zero-order valence-corrected chi connectivity index (χ0v) is 19.1. The predicted molar refractivity (Wildman–Crippen MR) is 121 cm³/mol. The number of nitrogens with one attached hydrogen (secondary N) is 2. The SMILES string of the molecule is CCNC(=NCc1cccc(OCC)c1)NCCc1nc(C)c(C)s1.I. The Kier molecular flexibility index (Phi) is 10.6. The fourth-order valence-corrected chi connectivity index (χ4v) is 3.28. The van der Waals surface area contributed by atoms with Gasteiger partial charge >= 0.3 is 0 Å².